The fourth-order valence-corrected chi connectivity index (χ4v) is 1.97. The summed E-state index contributed by atoms with van der Waals surface area (Å²) in [6.45, 7) is 10.5. The molecule has 0 fully saturated rings. The first-order valence-corrected chi connectivity index (χ1v) is 5.65. The Morgan fingerprint density at radius 3 is 2.27 bits per heavy atom. The number of carbonyl (C=O) groups excluding carboxylic acids is 1. The molecule has 0 saturated heterocycles. The van der Waals surface area contributed by atoms with Gasteiger partial charge in [0.05, 0.1) is 0 Å². The summed E-state index contributed by atoms with van der Waals surface area (Å²) in [5, 5.41) is 0.240. The van der Waals surface area contributed by atoms with Gasteiger partial charge in [0.2, 0.25) is 0 Å². The predicted molar refractivity (Wildman–Crippen MR) is 60.8 cm³/mol. The number of rotatable bonds is 4. The third kappa shape index (κ3) is 2.34. The lowest BCUT2D eigenvalue weighted by Gasteiger charge is -2.31. The highest BCUT2D eigenvalue weighted by Gasteiger charge is 2.41. The molecule has 1 unspecified atom stereocenters. The smallest absolute Gasteiger partial charge is 0.350 e. The zero-order valence-electron chi connectivity index (χ0n) is 9.76. The number of esters is 1. The Morgan fingerprint density at radius 2 is 1.93 bits per heavy atom. The molecule has 1 rings (SSSR count). The van der Waals surface area contributed by atoms with Gasteiger partial charge in [0.15, 0.2) is 0 Å². The molecule has 0 amide bonds. The minimum atomic E-state index is -0.555. The summed E-state index contributed by atoms with van der Waals surface area (Å²) < 4.78 is 5.32. The van der Waals surface area contributed by atoms with E-state index in [-0.39, 0.29) is 5.03 Å². The second-order valence-corrected chi connectivity index (χ2v) is 4.40. The zero-order chi connectivity index (χ0) is 11.6. The maximum atomic E-state index is 11.3. The van der Waals surface area contributed by atoms with Crippen LogP contribution in [-0.4, -0.2) is 36.1 Å². The number of likely N-dealkylation sites (N-methyl/N-ethyl adjacent to an activating group) is 1. The largest absolute Gasteiger partial charge is 0.449 e. The standard InChI is InChI=1S/C11H18ClNO2/c1-5-13(6-2)7-11(4)8(3)9(12)10(14)15-11/h5-7H2,1-4H3. The van der Waals surface area contributed by atoms with Crippen LogP contribution in [-0.2, 0) is 9.53 Å². The average molecular weight is 232 g/mol. The minimum Gasteiger partial charge on any atom is -0.449 e. The van der Waals surface area contributed by atoms with Gasteiger partial charge in [-0.25, -0.2) is 4.79 Å². The highest BCUT2D eigenvalue weighted by atomic mass is 35.5. The Kier molecular flexibility index (Phi) is 3.79. The molecular formula is C11H18ClNO2. The summed E-state index contributed by atoms with van der Waals surface area (Å²) in [7, 11) is 0. The Balaban J connectivity index is 2.82. The van der Waals surface area contributed by atoms with Crippen LogP contribution in [0.25, 0.3) is 0 Å². The summed E-state index contributed by atoms with van der Waals surface area (Å²) in [5.74, 6) is -0.399. The van der Waals surface area contributed by atoms with Crippen LogP contribution in [0.1, 0.15) is 27.7 Å². The van der Waals surface area contributed by atoms with E-state index in [0.29, 0.717) is 6.54 Å². The van der Waals surface area contributed by atoms with Crippen molar-refractivity contribution in [3.05, 3.63) is 10.6 Å². The van der Waals surface area contributed by atoms with Crippen LogP contribution in [0.4, 0.5) is 0 Å². The molecule has 1 aliphatic heterocycles. The fourth-order valence-electron chi connectivity index (χ4n) is 1.74. The molecule has 86 valence electrons. The molecule has 1 aliphatic rings. The second-order valence-electron chi connectivity index (χ2n) is 4.02. The number of ether oxygens (including phenoxy) is 1. The van der Waals surface area contributed by atoms with Crippen molar-refractivity contribution in [3.63, 3.8) is 0 Å². The van der Waals surface area contributed by atoms with E-state index >= 15 is 0 Å². The van der Waals surface area contributed by atoms with Gasteiger partial charge in [-0.2, -0.15) is 0 Å². The molecule has 0 spiro atoms. The van der Waals surface area contributed by atoms with Gasteiger partial charge in [0.25, 0.3) is 0 Å². The summed E-state index contributed by atoms with van der Waals surface area (Å²) in [6, 6.07) is 0. The molecule has 0 aromatic heterocycles. The first-order valence-electron chi connectivity index (χ1n) is 5.27. The normalized spacial score (nSPS) is 26.4. The Bertz CT molecular complexity index is 297. The third-order valence-electron chi connectivity index (χ3n) is 3.04. The van der Waals surface area contributed by atoms with Crippen LogP contribution in [0, 0.1) is 0 Å². The Labute approximate surface area is 96.0 Å². The van der Waals surface area contributed by atoms with E-state index in [0.717, 1.165) is 18.7 Å². The first kappa shape index (κ1) is 12.5. The maximum Gasteiger partial charge on any atom is 0.350 e. The summed E-state index contributed by atoms with van der Waals surface area (Å²) in [6.07, 6.45) is 0. The van der Waals surface area contributed by atoms with Gasteiger partial charge in [0, 0.05) is 6.54 Å². The molecule has 0 bridgehead atoms. The van der Waals surface area contributed by atoms with Crippen LogP contribution in [0.2, 0.25) is 0 Å². The van der Waals surface area contributed by atoms with Crippen molar-refractivity contribution in [3.8, 4) is 0 Å². The monoisotopic (exact) mass is 231 g/mol. The average Bonchev–Trinajstić information content (AvgIpc) is 2.40. The van der Waals surface area contributed by atoms with Crippen LogP contribution >= 0.6 is 11.6 Å². The van der Waals surface area contributed by atoms with Crippen LogP contribution in [0.5, 0.6) is 0 Å². The minimum absolute atomic E-state index is 0.240. The molecule has 0 N–H and O–H groups in total. The highest BCUT2D eigenvalue weighted by molar-refractivity contribution is 6.42. The highest BCUT2D eigenvalue weighted by Crippen LogP contribution is 2.34. The molecule has 1 atom stereocenters. The van der Waals surface area contributed by atoms with E-state index in [1.165, 1.54) is 0 Å². The van der Waals surface area contributed by atoms with E-state index in [2.05, 4.69) is 18.7 Å². The van der Waals surface area contributed by atoms with Crippen LogP contribution < -0.4 is 0 Å². The van der Waals surface area contributed by atoms with Gasteiger partial charge in [0.1, 0.15) is 10.6 Å². The number of hydrogen-bond acceptors (Lipinski definition) is 3. The number of carbonyl (C=O) groups is 1. The lowest BCUT2D eigenvalue weighted by atomic mass is 9.98. The van der Waals surface area contributed by atoms with Crippen molar-refractivity contribution in [2.75, 3.05) is 19.6 Å². The van der Waals surface area contributed by atoms with Crippen LogP contribution in [0.3, 0.4) is 0 Å². The number of cyclic esters (lactones) is 1. The molecule has 0 saturated carbocycles. The summed E-state index contributed by atoms with van der Waals surface area (Å²) in [5.41, 5.74) is 0.279. The quantitative estimate of drug-likeness (QED) is 0.695. The number of hydrogen-bond donors (Lipinski definition) is 0. The Morgan fingerprint density at radius 1 is 1.40 bits per heavy atom. The molecular weight excluding hydrogens is 214 g/mol. The SMILES string of the molecule is CCN(CC)CC1(C)OC(=O)C(Cl)=C1C. The number of halogens is 1. The van der Waals surface area contributed by atoms with Gasteiger partial charge in [-0.1, -0.05) is 25.4 Å². The lowest BCUT2D eigenvalue weighted by Crippen LogP contribution is -2.42. The van der Waals surface area contributed by atoms with E-state index in [4.69, 9.17) is 16.3 Å². The fraction of sp³-hybridized carbons (Fsp3) is 0.727. The first-order chi connectivity index (χ1) is 6.94. The molecule has 0 aromatic rings. The van der Waals surface area contributed by atoms with Crippen molar-refractivity contribution in [2.24, 2.45) is 0 Å². The molecule has 4 heteroatoms. The third-order valence-corrected chi connectivity index (χ3v) is 3.48. The Hall–Kier alpha value is -0.540. The molecule has 0 aromatic carbocycles. The van der Waals surface area contributed by atoms with Crippen molar-refractivity contribution in [2.45, 2.75) is 33.3 Å². The zero-order valence-corrected chi connectivity index (χ0v) is 10.5. The van der Waals surface area contributed by atoms with Crippen molar-refractivity contribution >= 4 is 17.6 Å². The van der Waals surface area contributed by atoms with Gasteiger partial charge < -0.3 is 4.74 Å². The van der Waals surface area contributed by atoms with Gasteiger partial charge in [-0.3, -0.25) is 4.90 Å². The van der Waals surface area contributed by atoms with Crippen molar-refractivity contribution < 1.29 is 9.53 Å². The second kappa shape index (κ2) is 4.54. The lowest BCUT2D eigenvalue weighted by molar-refractivity contribution is -0.146. The van der Waals surface area contributed by atoms with E-state index in [1.807, 2.05) is 13.8 Å². The van der Waals surface area contributed by atoms with Gasteiger partial charge in [-0.15, -0.1) is 0 Å². The predicted octanol–water partition coefficient (Wildman–Crippen LogP) is 2.16. The van der Waals surface area contributed by atoms with Crippen molar-refractivity contribution in [1.82, 2.24) is 4.90 Å². The van der Waals surface area contributed by atoms with E-state index < -0.39 is 11.6 Å². The topological polar surface area (TPSA) is 29.5 Å². The molecule has 0 aliphatic carbocycles. The molecule has 0 radical (unpaired) electrons. The van der Waals surface area contributed by atoms with Crippen LogP contribution in [0.15, 0.2) is 10.6 Å². The molecule has 3 nitrogen and oxygen atoms in total. The van der Waals surface area contributed by atoms with E-state index in [9.17, 15) is 4.79 Å². The number of nitrogens with zero attached hydrogens (tertiary/aromatic N) is 1. The summed E-state index contributed by atoms with van der Waals surface area (Å²) in [4.78, 5) is 13.5. The molecule has 1 heterocycles. The van der Waals surface area contributed by atoms with Gasteiger partial charge in [-0.05, 0) is 32.5 Å². The van der Waals surface area contributed by atoms with Crippen molar-refractivity contribution in [1.29, 1.82) is 0 Å². The molecule has 15 heavy (non-hydrogen) atoms. The summed E-state index contributed by atoms with van der Waals surface area (Å²) >= 11 is 5.85. The maximum absolute atomic E-state index is 11.3. The van der Waals surface area contributed by atoms with Gasteiger partial charge >= 0.3 is 5.97 Å². The van der Waals surface area contributed by atoms with E-state index in [1.54, 1.807) is 0 Å².